The third kappa shape index (κ3) is 2.98. The summed E-state index contributed by atoms with van der Waals surface area (Å²) in [4.78, 5) is 21.9. The summed E-state index contributed by atoms with van der Waals surface area (Å²) in [6.45, 7) is 0. The van der Waals surface area contributed by atoms with E-state index in [9.17, 15) is 9.59 Å². The van der Waals surface area contributed by atoms with Gasteiger partial charge in [-0.3, -0.25) is 4.79 Å². The Labute approximate surface area is 109 Å². The zero-order valence-corrected chi connectivity index (χ0v) is 10.0. The Morgan fingerprint density at radius 1 is 0.895 bits per heavy atom. The third-order valence-corrected chi connectivity index (χ3v) is 2.78. The first kappa shape index (κ1) is 12.8. The summed E-state index contributed by atoms with van der Waals surface area (Å²) in [6, 6.07) is 14.2. The van der Waals surface area contributed by atoms with Crippen molar-refractivity contribution in [3.8, 4) is 11.1 Å². The largest absolute Gasteiger partial charge is 0.481 e. The molecule has 0 radical (unpaired) electrons. The van der Waals surface area contributed by atoms with Crippen molar-refractivity contribution in [1.82, 2.24) is 0 Å². The van der Waals surface area contributed by atoms with Crippen LogP contribution < -0.4 is 0 Å². The lowest BCUT2D eigenvalue weighted by atomic mass is 9.97. The number of carbonyl (C=O) groups is 2. The van der Waals surface area contributed by atoms with Crippen LogP contribution in [0.3, 0.4) is 0 Å². The molecule has 0 unspecified atom stereocenters. The van der Waals surface area contributed by atoms with Crippen LogP contribution in [0.5, 0.6) is 0 Å². The number of rotatable bonds is 4. The van der Waals surface area contributed by atoms with Crippen LogP contribution in [0.15, 0.2) is 48.5 Å². The topological polar surface area (TPSA) is 74.6 Å². The van der Waals surface area contributed by atoms with Crippen LogP contribution in [0.1, 0.15) is 15.9 Å². The van der Waals surface area contributed by atoms with Gasteiger partial charge in [0.1, 0.15) is 0 Å². The first-order valence-corrected chi connectivity index (χ1v) is 5.71. The molecule has 96 valence electrons. The van der Waals surface area contributed by atoms with Gasteiger partial charge in [-0.15, -0.1) is 0 Å². The lowest BCUT2D eigenvalue weighted by molar-refractivity contribution is -0.136. The first-order chi connectivity index (χ1) is 9.08. The minimum atomic E-state index is -1.11. The molecule has 4 heteroatoms. The molecule has 19 heavy (non-hydrogen) atoms. The second kappa shape index (κ2) is 5.35. The molecule has 2 N–H and O–H groups in total. The highest BCUT2D eigenvalue weighted by atomic mass is 16.4. The van der Waals surface area contributed by atoms with Gasteiger partial charge in [0, 0.05) is 0 Å². The van der Waals surface area contributed by atoms with Crippen molar-refractivity contribution >= 4 is 11.9 Å². The van der Waals surface area contributed by atoms with Crippen LogP contribution in [0.25, 0.3) is 11.1 Å². The molecule has 0 fully saturated rings. The van der Waals surface area contributed by atoms with E-state index in [4.69, 9.17) is 10.2 Å². The van der Waals surface area contributed by atoms with Gasteiger partial charge in [-0.25, -0.2) is 4.79 Å². The van der Waals surface area contributed by atoms with Crippen molar-refractivity contribution < 1.29 is 19.8 Å². The zero-order valence-electron chi connectivity index (χ0n) is 10.0. The van der Waals surface area contributed by atoms with Gasteiger partial charge in [0.05, 0.1) is 12.0 Å². The molecule has 0 amide bonds. The summed E-state index contributed by atoms with van der Waals surface area (Å²) in [6.07, 6.45) is -0.303. The maximum atomic E-state index is 11.1. The molecular weight excluding hydrogens is 244 g/mol. The second-order valence-electron chi connectivity index (χ2n) is 4.11. The predicted octanol–water partition coefficient (Wildman–Crippen LogP) is 2.68. The van der Waals surface area contributed by atoms with Crippen molar-refractivity contribution in [3.63, 3.8) is 0 Å². The van der Waals surface area contributed by atoms with Gasteiger partial charge in [-0.05, 0) is 28.8 Å². The minimum Gasteiger partial charge on any atom is -0.481 e. The monoisotopic (exact) mass is 256 g/mol. The summed E-state index contributed by atoms with van der Waals surface area (Å²) in [5.41, 5.74) is 2.07. The van der Waals surface area contributed by atoms with Crippen LogP contribution in [0.4, 0.5) is 0 Å². The summed E-state index contributed by atoms with van der Waals surface area (Å²) in [5, 5.41) is 17.9. The smallest absolute Gasteiger partial charge is 0.335 e. The van der Waals surface area contributed by atoms with E-state index in [2.05, 4.69) is 0 Å². The van der Waals surface area contributed by atoms with E-state index in [-0.39, 0.29) is 12.0 Å². The summed E-state index contributed by atoms with van der Waals surface area (Å²) >= 11 is 0. The van der Waals surface area contributed by atoms with Crippen molar-refractivity contribution in [2.75, 3.05) is 0 Å². The summed E-state index contributed by atoms with van der Waals surface area (Å²) < 4.78 is 0. The summed E-state index contributed by atoms with van der Waals surface area (Å²) in [5.74, 6) is -2.16. The highest BCUT2D eigenvalue weighted by Crippen LogP contribution is 2.23. The fourth-order valence-corrected chi connectivity index (χ4v) is 1.92. The highest BCUT2D eigenvalue weighted by molar-refractivity contribution is 5.92. The molecule has 0 atom stereocenters. The van der Waals surface area contributed by atoms with Gasteiger partial charge in [0.2, 0.25) is 0 Å². The van der Waals surface area contributed by atoms with Gasteiger partial charge in [0.25, 0.3) is 0 Å². The Hall–Kier alpha value is -2.62. The highest BCUT2D eigenvalue weighted by Gasteiger charge is 2.13. The molecule has 0 spiro atoms. The molecule has 4 nitrogen and oxygen atoms in total. The molecule has 2 rings (SSSR count). The van der Waals surface area contributed by atoms with E-state index in [0.29, 0.717) is 5.56 Å². The molecule has 2 aromatic rings. The molecule has 0 aromatic heterocycles. The van der Waals surface area contributed by atoms with Crippen LogP contribution in [0, 0.1) is 0 Å². The maximum absolute atomic E-state index is 11.1. The van der Waals surface area contributed by atoms with Gasteiger partial charge >= 0.3 is 11.9 Å². The number of hydrogen-bond acceptors (Lipinski definition) is 2. The number of aromatic carboxylic acids is 1. The Morgan fingerprint density at radius 2 is 1.58 bits per heavy atom. The Morgan fingerprint density at radius 3 is 2.16 bits per heavy atom. The molecular formula is C15H12O4. The average molecular weight is 256 g/mol. The third-order valence-electron chi connectivity index (χ3n) is 2.78. The van der Waals surface area contributed by atoms with Crippen LogP contribution >= 0.6 is 0 Å². The fraction of sp³-hybridized carbons (Fsp3) is 0.0667. The lowest BCUT2D eigenvalue weighted by Crippen LogP contribution is -2.08. The normalized spacial score (nSPS) is 10.1. The molecule has 0 aliphatic heterocycles. The van der Waals surface area contributed by atoms with E-state index >= 15 is 0 Å². The Bertz CT molecular complexity index is 617. The van der Waals surface area contributed by atoms with E-state index in [1.807, 2.05) is 30.3 Å². The first-order valence-electron chi connectivity index (χ1n) is 5.71. The maximum Gasteiger partial charge on any atom is 0.335 e. The van der Waals surface area contributed by atoms with Gasteiger partial charge < -0.3 is 10.2 Å². The predicted molar refractivity (Wildman–Crippen MR) is 70.2 cm³/mol. The van der Waals surface area contributed by atoms with Crippen molar-refractivity contribution in [2.24, 2.45) is 0 Å². The quantitative estimate of drug-likeness (QED) is 0.881. The summed E-state index contributed by atoms with van der Waals surface area (Å²) in [7, 11) is 0. The van der Waals surface area contributed by atoms with Gasteiger partial charge in [-0.1, -0.05) is 36.4 Å². The lowest BCUT2D eigenvalue weighted by Gasteiger charge is -2.07. The van der Waals surface area contributed by atoms with Crippen LogP contribution in [-0.4, -0.2) is 22.2 Å². The van der Waals surface area contributed by atoms with E-state index in [1.54, 1.807) is 12.1 Å². The molecule has 0 saturated carbocycles. The van der Waals surface area contributed by atoms with Crippen molar-refractivity contribution in [1.29, 1.82) is 0 Å². The average Bonchev–Trinajstić information content (AvgIpc) is 2.38. The van der Waals surface area contributed by atoms with E-state index < -0.39 is 11.9 Å². The van der Waals surface area contributed by atoms with Crippen LogP contribution in [0.2, 0.25) is 0 Å². The molecule has 0 aliphatic carbocycles. The molecule has 0 bridgehead atoms. The van der Waals surface area contributed by atoms with E-state index in [0.717, 1.165) is 11.1 Å². The van der Waals surface area contributed by atoms with Crippen molar-refractivity contribution in [2.45, 2.75) is 6.42 Å². The number of aliphatic carboxylic acids is 1. The Balaban J connectivity index is 2.49. The minimum absolute atomic E-state index is 0.0297. The zero-order chi connectivity index (χ0) is 13.8. The standard InChI is InChI=1S/C15H12O4/c16-14(17)9-12-8-11(6-7-13(12)15(18)19)10-4-2-1-3-5-10/h1-8H,9H2,(H,16,17)(H,18,19). The number of carboxylic acids is 2. The fourth-order valence-electron chi connectivity index (χ4n) is 1.92. The number of benzene rings is 2. The van der Waals surface area contributed by atoms with Gasteiger partial charge in [0.15, 0.2) is 0 Å². The van der Waals surface area contributed by atoms with Gasteiger partial charge in [-0.2, -0.15) is 0 Å². The molecule has 0 aliphatic rings. The number of carboxylic acid groups (broad SMARTS) is 2. The second-order valence-corrected chi connectivity index (χ2v) is 4.11. The molecule has 0 saturated heterocycles. The molecule has 2 aromatic carbocycles. The molecule has 0 heterocycles. The van der Waals surface area contributed by atoms with E-state index in [1.165, 1.54) is 6.07 Å². The van der Waals surface area contributed by atoms with Crippen LogP contribution in [-0.2, 0) is 11.2 Å². The SMILES string of the molecule is O=C(O)Cc1cc(-c2ccccc2)ccc1C(=O)O. The Kier molecular flexibility index (Phi) is 3.61. The number of hydrogen-bond donors (Lipinski definition) is 2. The van der Waals surface area contributed by atoms with Crippen molar-refractivity contribution in [3.05, 3.63) is 59.7 Å².